The van der Waals surface area contributed by atoms with Crippen molar-refractivity contribution in [3.05, 3.63) is 23.8 Å². The highest BCUT2D eigenvalue weighted by molar-refractivity contribution is 5.85. The van der Waals surface area contributed by atoms with E-state index in [-0.39, 0.29) is 11.8 Å². The molecule has 1 saturated heterocycles. The summed E-state index contributed by atoms with van der Waals surface area (Å²) in [5, 5.41) is 0. The molecular formula is C14H19N3O. The van der Waals surface area contributed by atoms with Gasteiger partial charge in [0, 0.05) is 13.1 Å². The maximum absolute atomic E-state index is 12.6. The standard InChI is InChI=1S/C14H19N3O/c1-10-5-7-17(8-6-10)14(18)11-3-2-4-12-13(11)16-9-15-12/h2,4,9-11H,3,5-8H2,1H3,(H,15,16). The van der Waals surface area contributed by atoms with Gasteiger partial charge >= 0.3 is 0 Å². The van der Waals surface area contributed by atoms with Crippen LogP contribution < -0.4 is 0 Å². The molecule has 2 aliphatic rings. The second-order valence-electron chi connectivity index (χ2n) is 5.40. The van der Waals surface area contributed by atoms with Crippen LogP contribution in [-0.4, -0.2) is 33.9 Å². The molecule has 4 nitrogen and oxygen atoms in total. The molecule has 0 aromatic carbocycles. The van der Waals surface area contributed by atoms with Crippen LogP contribution >= 0.6 is 0 Å². The third-order valence-electron chi connectivity index (χ3n) is 4.09. The Morgan fingerprint density at radius 2 is 2.22 bits per heavy atom. The first kappa shape index (κ1) is 11.5. The fraction of sp³-hybridized carbons (Fsp3) is 0.571. The van der Waals surface area contributed by atoms with Crippen LogP contribution in [0.15, 0.2) is 12.4 Å². The number of imidazole rings is 1. The monoisotopic (exact) mass is 245 g/mol. The summed E-state index contributed by atoms with van der Waals surface area (Å²) < 4.78 is 0. The molecule has 1 amide bonds. The van der Waals surface area contributed by atoms with Gasteiger partial charge in [0.15, 0.2) is 0 Å². The number of piperidine rings is 1. The highest BCUT2D eigenvalue weighted by Crippen LogP contribution is 2.30. The number of rotatable bonds is 1. The van der Waals surface area contributed by atoms with E-state index in [1.54, 1.807) is 6.33 Å². The van der Waals surface area contributed by atoms with Gasteiger partial charge < -0.3 is 9.88 Å². The number of nitrogens with one attached hydrogen (secondary N) is 1. The van der Waals surface area contributed by atoms with Gasteiger partial charge in [-0.05, 0) is 31.3 Å². The van der Waals surface area contributed by atoms with Crippen molar-refractivity contribution in [2.75, 3.05) is 13.1 Å². The maximum atomic E-state index is 12.6. The smallest absolute Gasteiger partial charge is 0.232 e. The number of aromatic nitrogens is 2. The van der Waals surface area contributed by atoms with E-state index in [1.807, 2.05) is 11.0 Å². The number of nitrogens with zero attached hydrogens (tertiary/aromatic N) is 2. The number of carbonyl (C=O) groups excluding carboxylic acids is 1. The first-order valence-corrected chi connectivity index (χ1v) is 6.74. The van der Waals surface area contributed by atoms with Crippen molar-refractivity contribution in [3.63, 3.8) is 0 Å². The second kappa shape index (κ2) is 4.59. The molecule has 1 aromatic heterocycles. The summed E-state index contributed by atoms with van der Waals surface area (Å²) in [5.41, 5.74) is 1.91. The fourth-order valence-electron chi connectivity index (χ4n) is 2.83. The summed E-state index contributed by atoms with van der Waals surface area (Å²) in [6.45, 7) is 4.07. The summed E-state index contributed by atoms with van der Waals surface area (Å²) in [6, 6.07) is 0. The highest BCUT2D eigenvalue weighted by atomic mass is 16.2. The third-order valence-corrected chi connectivity index (χ3v) is 4.09. The average Bonchev–Trinajstić information content (AvgIpc) is 2.87. The van der Waals surface area contributed by atoms with Crippen LogP contribution in [0.4, 0.5) is 0 Å². The summed E-state index contributed by atoms with van der Waals surface area (Å²) >= 11 is 0. The van der Waals surface area contributed by atoms with Crippen LogP contribution in [0.5, 0.6) is 0 Å². The van der Waals surface area contributed by atoms with Crippen LogP contribution in [0.3, 0.4) is 0 Å². The number of hydrogen-bond acceptors (Lipinski definition) is 2. The quantitative estimate of drug-likeness (QED) is 0.824. The van der Waals surface area contributed by atoms with Gasteiger partial charge in [0.2, 0.25) is 5.91 Å². The summed E-state index contributed by atoms with van der Waals surface area (Å²) in [4.78, 5) is 21.9. The third kappa shape index (κ3) is 1.96. The molecule has 0 radical (unpaired) electrons. The van der Waals surface area contributed by atoms with E-state index in [0.29, 0.717) is 0 Å². The lowest BCUT2D eigenvalue weighted by atomic mass is 9.91. The van der Waals surface area contributed by atoms with Gasteiger partial charge in [0.05, 0.1) is 23.6 Å². The zero-order valence-electron chi connectivity index (χ0n) is 10.7. The number of carbonyl (C=O) groups is 1. The lowest BCUT2D eigenvalue weighted by molar-refractivity contribution is -0.134. The molecule has 3 rings (SSSR count). The molecule has 1 fully saturated rings. The van der Waals surface area contributed by atoms with Crippen LogP contribution in [0.2, 0.25) is 0 Å². The van der Waals surface area contributed by atoms with Crippen LogP contribution in [0, 0.1) is 5.92 Å². The molecule has 96 valence electrons. The minimum atomic E-state index is -0.0547. The first-order chi connectivity index (χ1) is 8.75. The van der Waals surface area contributed by atoms with Gasteiger partial charge in [0.25, 0.3) is 0 Å². The highest BCUT2D eigenvalue weighted by Gasteiger charge is 2.31. The van der Waals surface area contributed by atoms with Gasteiger partial charge in [-0.25, -0.2) is 4.98 Å². The van der Waals surface area contributed by atoms with E-state index in [2.05, 4.69) is 23.0 Å². The van der Waals surface area contributed by atoms with Gasteiger partial charge in [-0.3, -0.25) is 4.79 Å². The molecule has 0 saturated carbocycles. The molecule has 1 aliphatic heterocycles. The Hall–Kier alpha value is -1.58. The normalized spacial score (nSPS) is 24.1. The van der Waals surface area contributed by atoms with Gasteiger partial charge in [0.1, 0.15) is 0 Å². The summed E-state index contributed by atoms with van der Waals surface area (Å²) in [7, 11) is 0. The lowest BCUT2D eigenvalue weighted by Crippen LogP contribution is -2.41. The Labute approximate surface area is 107 Å². The van der Waals surface area contributed by atoms with E-state index in [0.717, 1.165) is 49.7 Å². The largest absolute Gasteiger partial charge is 0.347 e. The molecule has 4 heteroatoms. The zero-order valence-corrected chi connectivity index (χ0v) is 10.7. The van der Waals surface area contributed by atoms with E-state index in [1.165, 1.54) is 0 Å². The molecular weight excluding hydrogens is 226 g/mol. The van der Waals surface area contributed by atoms with Crippen molar-refractivity contribution in [1.29, 1.82) is 0 Å². The molecule has 1 aliphatic carbocycles. The number of amides is 1. The van der Waals surface area contributed by atoms with Crippen molar-refractivity contribution in [2.45, 2.75) is 32.1 Å². The second-order valence-corrected chi connectivity index (χ2v) is 5.40. The lowest BCUT2D eigenvalue weighted by Gasteiger charge is -2.33. The molecule has 18 heavy (non-hydrogen) atoms. The van der Waals surface area contributed by atoms with Crippen molar-refractivity contribution in [2.24, 2.45) is 5.92 Å². The van der Waals surface area contributed by atoms with Crippen LogP contribution in [-0.2, 0) is 4.79 Å². The van der Waals surface area contributed by atoms with E-state index in [4.69, 9.17) is 0 Å². The van der Waals surface area contributed by atoms with Gasteiger partial charge in [-0.2, -0.15) is 0 Å². The van der Waals surface area contributed by atoms with E-state index >= 15 is 0 Å². The molecule has 1 aromatic rings. The van der Waals surface area contributed by atoms with Crippen LogP contribution in [0.1, 0.15) is 43.5 Å². The Bertz CT molecular complexity index is 469. The van der Waals surface area contributed by atoms with Crippen molar-refractivity contribution in [3.8, 4) is 0 Å². The number of fused-ring (bicyclic) bond motifs is 1. The fourth-order valence-corrected chi connectivity index (χ4v) is 2.83. The predicted octanol–water partition coefficient (Wildman–Crippen LogP) is 2.17. The Morgan fingerprint density at radius 1 is 1.44 bits per heavy atom. The topological polar surface area (TPSA) is 49.0 Å². The molecule has 0 bridgehead atoms. The number of hydrogen-bond donors (Lipinski definition) is 1. The number of aromatic amines is 1. The first-order valence-electron chi connectivity index (χ1n) is 6.74. The molecule has 1 unspecified atom stereocenters. The average molecular weight is 245 g/mol. The molecule has 1 N–H and O–H groups in total. The van der Waals surface area contributed by atoms with E-state index in [9.17, 15) is 4.79 Å². The summed E-state index contributed by atoms with van der Waals surface area (Å²) in [5.74, 6) is 0.959. The summed E-state index contributed by atoms with van der Waals surface area (Å²) in [6.07, 6.45) is 8.78. The Kier molecular flexibility index (Phi) is 2.94. The number of H-pyrrole nitrogens is 1. The van der Waals surface area contributed by atoms with Gasteiger partial charge in [-0.15, -0.1) is 0 Å². The molecule has 2 heterocycles. The van der Waals surface area contributed by atoms with Crippen molar-refractivity contribution < 1.29 is 4.79 Å². The Morgan fingerprint density at radius 3 is 3.00 bits per heavy atom. The number of likely N-dealkylation sites (tertiary alicyclic amines) is 1. The minimum Gasteiger partial charge on any atom is -0.347 e. The van der Waals surface area contributed by atoms with E-state index < -0.39 is 0 Å². The zero-order chi connectivity index (χ0) is 12.5. The van der Waals surface area contributed by atoms with Crippen molar-refractivity contribution in [1.82, 2.24) is 14.9 Å². The van der Waals surface area contributed by atoms with Crippen molar-refractivity contribution >= 4 is 12.0 Å². The number of allylic oxidation sites excluding steroid dienone is 1. The molecule has 0 spiro atoms. The SMILES string of the molecule is CC1CCN(C(=O)C2CC=Cc3nc[nH]c32)CC1. The minimum absolute atomic E-state index is 0.0547. The Balaban J connectivity index is 1.76. The molecule has 1 atom stereocenters. The predicted molar refractivity (Wildman–Crippen MR) is 70.0 cm³/mol. The maximum Gasteiger partial charge on any atom is 0.232 e. The van der Waals surface area contributed by atoms with Crippen LogP contribution in [0.25, 0.3) is 6.08 Å². The van der Waals surface area contributed by atoms with Gasteiger partial charge in [-0.1, -0.05) is 13.0 Å².